The molecule has 0 aromatic carbocycles. The minimum absolute atomic E-state index is 0.0534. The largest absolute Gasteiger partial charge is 0.295 e. The molecule has 0 saturated heterocycles. The van der Waals surface area contributed by atoms with Gasteiger partial charge in [-0.05, 0) is 32.2 Å². The number of carbonyl (C=O) groups excluding carboxylic acids is 1. The van der Waals surface area contributed by atoms with Crippen molar-refractivity contribution in [1.82, 2.24) is 10.3 Å². The molecule has 1 atom stereocenters. The molecule has 94 valence electrons. The second-order valence-corrected chi connectivity index (χ2v) is 4.90. The molecule has 1 fully saturated rings. The predicted molar refractivity (Wildman–Crippen MR) is 65.6 cm³/mol. The first-order valence-corrected chi connectivity index (χ1v) is 6.39. The molecule has 1 unspecified atom stereocenters. The van der Waals surface area contributed by atoms with E-state index in [1.54, 1.807) is 0 Å². The Kier molecular flexibility index (Phi) is 5.77. The van der Waals surface area contributed by atoms with Crippen LogP contribution >= 0.6 is 0 Å². The summed E-state index contributed by atoms with van der Waals surface area (Å²) in [6, 6.07) is -0.0596. The topological polar surface area (TPSA) is 58.4 Å². The molecule has 0 spiro atoms. The van der Waals surface area contributed by atoms with E-state index in [2.05, 4.69) is 17.2 Å². The van der Waals surface area contributed by atoms with Crippen LogP contribution in [0.2, 0.25) is 0 Å². The Hall–Kier alpha value is -0.610. The molecular weight excluding hydrogens is 202 g/mol. The van der Waals surface area contributed by atoms with Gasteiger partial charge in [0.05, 0.1) is 6.04 Å². The third-order valence-electron chi connectivity index (χ3n) is 3.56. The van der Waals surface area contributed by atoms with E-state index >= 15 is 0 Å². The van der Waals surface area contributed by atoms with Crippen LogP contribution in [-0.2, 0) is 4.79 Å². The van der Waals surface area contributed by atoms with Crippen molar-refractivity contribution >= 4 is 5.91 Å². The zero-order valence-corrected chi connectivity index (χ0v) is 10.5. The summed E-state index contributed by atoms with van der Waals surface area (Å²) in [6.07, 6.45) is 7.21. The number of rotatable bonds is 6. The number of nitrogens with two attached hydrogens (primary N) is 1. The Bertz CT molecular complexity index is 214. The smallest absolute Gasteiger partial charge is 0.251 e. The molecule has 0 aliphatic heterocycles. The van der Waals surface area contributed by atoms with Crippen LogP contribution < -0.4 is 11.3 Å². The summed E-state index contributed by atoms with van der Waals surface area (Å²) in [6.45, 7) is 3.12. The Morgan fingerprint density at radius 3 is 2.62 bits per heavy atom. The second-order valence-electron chi connectivity index (χ2n) is 4.90. The van der Waals surface area contributed by atoms with Crippen LogP contribution in [0.4, 0.5) is 0 Å². The Morgan fingerprint density at radius 2 is 2.12 bits per heavy atom. The average Bonchev–Trinajstić information content (AvgIpc) is 2.77. The molecule has 0 aromatic heterocycles. The number of amides is 1. The summed E-state index contributed by atoms with van der Waals surface area (Å²) >= 11 is 0. The fourth-order valence-electron chi connectivity index (χ4n) is 2.65. The van der Waals surface area contributed by atoms with E-state index in [4.69, 9.17) is 5.84 Å². The molecule has 0 heterocycles. The van der Waals surface area contributed by atoms with Gasteiger partial charge in [0, 0.05) is 6.54 Å². The second kappa shape index (κ2) is 6.86. The molecule has 0 aromatic rings. The lowest BCUT2D eigenvalue weighted by atomic mass is 10.0. The van der Waals surface area contributed by atoms with Gasteiger partial charge in [0.25, 0.3) is 5.91 Å². The molecule has 4 nitrogen and oxygen atoms in total. The molecule has 4 heteroatoms. The van der Waals surface area contributed by atoms with Crippen LogP contribution in [0.25, 0.3) is 0 Å². The van der Waals surface area contributed by atoms with Gasteiger partial charge < -0.3 is 0 Å². The fourth-order valence-corrected chi connectivity index (χ4v) is 2.65. The van der Waals surface area contributed by atoms with E-state index in [1.807, 2.05) is 7.05 Å². The monoisotopic (exact) mass is 227 g/mol. The number of hydrazine groups is 1. The maximum Gasteiger partial charge on any atom is 0.251 e. The van der Waals surface area contributed by atoms with Gasteiger partial charge in [0.15, 0.2) is 0 Å². The molecule has 0 radical (unpaired) electrons. The summed E-state index contributed by atoms with van der Waals surface area (Å²) in [5.74, 6) is 5.94. The lowest BCUT2D eigenvalue weighted by Gasteiger charge is -2.28. The summed E-state index contributed by atoms with van der Waals surface area (Å²) in [5, 5.41) is 0. The SMILES string of the molecule is CCCC(C(=O)NN)N(C)CC1CCCC1. The lowest BCUT2D eigenvalue weighted by Crippen LogP contribution is -2.48. The van der Waals surface area contributed by atoms with Crippen LogP contribution in [0, 0.1) is 5.92 Å². The number of likely N-dealkylation sites (N-methyl/N-ethyl adjacent to an activating group) is 1. The van der Waals surface area contributed by atoms with Crippen LogP contribution in [0.1, 0.15) is 45.4 Å². The zero-order valence-electron chi connectivity index (χ0n) is 10.5. The lowest BCUT2D eigenvalue weighted by molar-refractivity contribution is -0.126. The van der Waals surface area contributed by atoms with E-state index in [0.29, 0.717) is 0 Å². The molecule has 1 aliphatic carbocycles. The third kappa shape index (κ3) is 3.76. The molecule has 0 bridgehead atoms. The van der Waals surface area contributed by atoms with Gasteiger partial charge in [-0.2, -0.15) is 0 Å². The molecule has 1 saturated carbocycles. The zero-order chi connectivity index (χ0) is 12.0. The highest BCUT2D eigenvalue weighted by atomic mass is 16.2. The van der Waals surface area contributed by atoms with E-state index in [9.17, 15) is 4.79 Å². The number of nitrogens with zero attached hydrogens (tertiary/aromatic N) is 1. The van der Waals surface area contributed by atoms with Gasteiger partial charge in [-0.15, -0.1) is 0 Å². The normalized spacial score (nSPS) is 19.0. The van der Waals surface area contributed by atoms with Crippen LogP contribution in [0.15, 0.2) is 0 Å². The van der Waals surface area contributed by atoms with E-state index in [0.717, 1.165) is 25.3 Å². The highest BCUT2D eigenvalue weighted by Gasteiger charge is 2.25. The first kappa shape index (κ1) is 13.5. The van der Waals surface area contributed by atoms with Crippen LogP contribution in [0.3, 0.4) is 0 Å². The molecule has 1 rings (SSSR count). The Balaban J connectivity index is 2.45. The van der Waals surface area contributed by atoms with Crippen molar-refractivity contribution in [1.29, 1.82) is 0 Å². The Morgan fingerprint density at radius 1 is 1.50 bits per heavy atom. The van der Waals surface area contributed by atoms with Crippen LogP contribution in [0.5, 0.6) is 0 Å². The van der Waals surface area contributed by atoms with Gasteiger partial charge in [0.1, 0.15) is 0 Å². The van der Waals surface area contributed by atoms with Crippen molar-refractivity contribution in [2.45, 2.75) is 51.5 Å². The van der Waals surface area contributed by atoms with Crippen molar-refractivity contribution in [3.8, 4) is 0 Å². The van der Waals surface area contributed by atoms with Gasteiger partial charge >= 0.3 is 0 Å². The molecular formula is C12H25N3O. The van der Waals surface area contributed by atoms with Crippen molar-refractivity contribution < 1.29 is 4.79 Å². The third-order valence-corrected chi connectivity index (χ3v) is 3.56. The fraction of sp³-hybridized carbons (Fsp3) is 0.917. The quantitative estimate of drug-likeness (QED) is 0.408. The molecule has 1 aliphatic rings. The Labute approximate surface area is 98.5 Å². The highest BCUT2D eigenvalue weighted by Crippen LogP contribution is 2.26. The van der Waals surface area contributed by atoms with Gasteiger partial charge in [0.2, 0.25) is 0 Å². The van der Waals surface area contributed by atoms with Crippen LogP contribution in [-0.4, -0.2) is 30.4 Å². The van der Waals surface area contributed by atoms with Crippen molar-refractivity contribution in [2.75, 3.05) is 13.6 Å². The van der Waals surface area contributed by atoms with Gasteiger partial charge in [-0.25, -0.2) is 5.84 Å². The maximum absolute atomic E-state index is 11.6. The van der Waals surface area contributed by atoms with E-state index in [1.165, 1.54) is 25.7 Å². The average molecular weight is 227 g/mol. The molecule has 3 N–H and O–H groups in total. The number of nitrogens with one attached hydrogen (secondary N) is 1. The standard InChI is InChI=1S/C12H25N3O/c1-3-6-11(12(16)14-13)15(2)9-10-7-4-5-8-10/h10-11H,3-9,13H2,1-2H3,(H,14,16). The first-order chi connectivity index (χ1) is 7.69. The van der Waals surface area contributed by atoms with Gasteiger partial charge in [-0.3, -0.25) is 15.1 Å². The summed E-state index contributed by atoms with van der Waals surface area (Å²) in [7, 11) is 2.04. The van der Waals surface area contributed by atoms with Crippen molar-refractivity contribution in [3.63, 3.8) is 0 Å². The van der Waals surface area contributed by atoms with E-state index < -0.39 is 0 Å². The molecule has 16 heavy (non-hydrogen) atoms. The minimum atomic E-state index is -0.0596. The number of hydrogen-bond donors (Lipinski definition) is 2. The number of hydrogen-bond acceptors (Lipinski definition) is 3. The summed E-state index contributed by atoms with van der Waals surface area (Å²) < 4.78 is 0. The number of carbonyl (C=O) groups is 1. The van der Waals surface area contributed by atoms with Crippen molar-refractivity contribution in [3.05, 3.63) is 0 Å². The molecule has 1 amide bonds. The van der Waals surface area contributed by atoms with Gasteiger partial charge in [-0.1, -0.05) is 26.2 Å². The minimum Gasteiger partial charge on any atom is -0.295 e. The summed E-state index contributed by atoms with van der Waals surface area (Å²) in [5.41, 5.74) is 2.28. The first-order valence-electron chi connectivity index (χ1n) is 6.39. The summed E-state index contributed by atoms with van der Waals surface area (Å²) in [4.78, 5) is 13.8. The maximum atomic E-state index is 11.6. The van der Waals surface area contributed by atoms with E-state index in [-0.39, 0.29) is 11.9 Å². The highest BCUT2D eigenvalue weighted by molar-refractivity contribution is 5.81. The van der Waals surface area contributed by atoms with Crippen molar-refractivity contribution in [2.24, 2.45) is 11.8 Å². The predicted octanol–water partition coefficient (Wildman–Crippen LogP) is 1.27.